The average Bonchev–Trinajstić information content (AvgIpc) is 2.73. The van der Waals surface area contributed by atoms with Crippen molar-refractivity contribution in [3.8, 4) is 0 Å². The van der Waals surface area contributed by atoms with Crippen molar-refractivity contribution in [1.82, 2.24) is 4.90 Å². The molecule has 14 heavy (non-hydrogen) atoms. The molecule has 0 amide bonds. The smallest absolute Gasteiger partial charge is 0.00248 e. The van der Waals surface area contributed by atoms with Gasteiger partial charge in [0.05, 0.1) is 0 Å². The standard InChI is InChI=1S/C13H23N/c1-14(2)8-4-3-5-12-9-11-6-7-13(12)10-11/h6-7,11-13H,3-5,8-10H2,1-2H3. The van der Waals surface area contributed by atoms with Gasteiger partial charge in [-0.2, -0.15) is 0 Å². The first-order valence-electron chi connectivity index (χ1n) is 6.09. The summed E-state index contributed by atoms with van der Waals surface area (Å²) in [5.41, 5.74) is 0. The van der Waals surface area contributed by atoms with E-state index in [1.165, 1.54) is 38.6 Å². The number of rotatable bonds is 5. The van der Waals surface area contributed by atoms with Gasteiger partial charge in [-0.3, -0.25) is 0 Å². The molecule has 3 atom stereocenters. The molecule has 2 rings (SSSR count). The molecule has 0 N–H and O–H groups in total. The molecule has 0 radical (unpaired) electrons. The van der Waals surface area contributed by atoms with Crippen LogP contribution in [0.3, 0.4) is 0 Å². The van der Waals surface area contributed by atoms with Gasteiger partial charge in [-0.25, -0.2) is 0 Å². The van der Waals surface area contributed by atoms with Crippen LogP contribution >= 0.6 is 0 Å². The molecule has 3 unspecified atom stereocenters. The van der Waals surface area contributed by atoms with E-state index in [1.54, 1.807) is 0 Å². The van der Waals surface area contributed by atoms with Crippen molar-refractivity contribution in [3.63, 3.8) is 0 Å². The van der Waals surface area contributed by atoms with Crippen LogP contribution in [0.1, 0.15) is 32.1 Å². The first-order chi connectivity index (χ1) is 6.75. The Morgan fingerprint density at radius 3 is 2.57 bits per heavy atom. The number of allylic oxidation sites excluding steroid dienone is 2. The molecule has 1 heteroatoms. The maximum absolute atomic E-state index is 2.48. The van der Waals surface area contributed by atoms with Gasteiger partial charge in [-0.05, 0) is 64.1 Å². The molecule has 0 saturated heterocycles. The first-order valence-corrected chi connectivity index (χ1v) is 6.09. The maximum Gasteiger partial charge on any atom is -0.00248 e. The fourth-order valence-electron chi connectivity index (χ4n) is 3.06. The Hall–Kier alpha value is -0.300. The fraction of sp³-hybridized carbons (Fsp3) is 0.846. The van der Waals surface area contributed by atoms with Crippen molar-refractivity contribution >= 4 is 0 Å². The van der Waals surface area contributed by atoms with E-state index in [0.717, 1.165) is 17.8 Å². The largest absolute Gasteiger partial charge is 0.309 e. The van der Waals surface area contributed by atoms with Crippen LogP contribution in [0.25, 0.3) is 0 Å². The van der Waals surface area contributed by atoms with Crippen molar-refractivity contribution < 1.29 is 0 Å². The van der Waals surface area contributed by atoms with Crippen LogP contribution in [0.5, 0.6) is 0 Å². The van der Waals surface area contributed by atoms with Gasteiger partial charge in [0.25, 0.3) is 0 Å². The third kappa shape index (κ3) is 2.38. The lowest BCUT2D eigenvalue weighted by molar-refractivity contribution is 0.357. The fourth-order valence-corrected chi connectivity index (χ4v) is 3.06. The van der Waals surface area contributed by atoms with Gasteiger partial charge in [-0.1, -0.05) is 18.6 Å². The molecule has 0 aromatic rings. The summed E-state index contributed by atoms with van der Waals surface area (Å²) in [6.45, 7) is 1.26. The minimum Gasteiger partial charge on any atom is -0.309 e. The van der Waals surface area contributed by atoms with Gasteiger partial charge in [0, 0.05) is 0 Å². The van der Waals surface area contributed by atoms with E-state index < -0.39 is 0 Å². The minimum absolute atomic E-state index is 0.957. The average molecular weight is 193 g/mol. The predicted octanol–water partition coefficient (Wildman–Crippen LogP) is 2.93. The summed E-state index contributed by atoms with van der Waals surface area (Å²) in [6.07, 6.45) is 12.2. The number of unbranched alkanes of at least 4 members (excludes halogenated alkanes) is 1. The topological polar surface area (TPSA) is 3.24 Å². The zero-order valence-corrected chi connectivity index (χ0v) is 9.58. The van der Waals surface area contributed by atoms with Crippen LogP contribution < -0.4 is 0 Å². The van der Waals surface area contributed by atoms with Gasteiger partial charge < -0.3 is 4.90 Å². The molecule has 0 aromatic carbocycles. The highest BCUT2D eigenvalue weighted by Gasteiger charge is 2.34. The minimum atomic E-state index is 0.957. The van der Waals surface area contributed by atoms with E-state index in [1.807, 2.05) is 0 Å². The summed E-state index contributed by atoms with van der Waals surface area (Å²) < 4.78 is 0. The third-order valence-corrected chi connectivity index (χ3v) is 3.85. The predicted molar refractivity (Wildman–Crippen MR) is 61.2 cm³/mol. The van der Waals surface area contributed by atoms with Crippen molar-refractivity contribution in [2.75, 3.05) is 20.6 Å². The van der Waals surface area contributed by atoms with Crippen molar-refractivity contribution in [3.05, 3.63) is 12.2 Å². The van der Waals surface area contributed by atoms with Gasteiger partial charge in [0.2, 0.25) is 0 Å². The molecule has 2 aliphatic carbocycles. The van der Waals surface area contributed by atoms with Gasteiger partial charge in [0.1, 0.15) is 0 Å². The lowest BCUT2D eigenvalue weighted by Gasteiger charge is -2.18. The molecular formula is C13H23N. The quantitative estimate of drug-likeness (QED) is 0.479. The lowest BCUT2D eigenvalue weighted by Crippen LogP contribution is -2.13. The van der Waals surface area contributed by atoms with Gasteiger partial charge in [-0.15, -0.1) is 0 Å². The van der Waals surface area contributed by atoms with Crippen LogP contribution in [0.15, 0.2) is 12.2 Å². The Labute approximate surface area is 88.2 Å². The molecule has 2 aliphatic rings. The van der Waals surface area contributed by atoms with Crippen LogP contribution in [-0.2, 0) is 0 Å². The maximum atomic E-state index is 2.48. The molecule has 1 nitrogen and oxygen atoms in total. The number of hydrogen-bond acceptors (Lipinski definition) is 1. The molecular weight excluding hydrogens is 170 g/mol. The number of nitrogens with zero attached hydrogens (tertiary/aromatic N) is 1. The Morgan fingerprint density at radius 1 is 1.14 bits per heavy atom. The van der Waals surface area contributed by atoms with E-state index in [4.69, 9.17) is 0 Å². The first kappa shape index (κ1) is 10.2. The van der Waals surface area contributed by atoms with E-state index in [-0.39, 0.29) is 0 Å². The molecule has 1 fully saturated rings. The molecule has 0 aromatic heterocycles. The van der Waals surface area contributed by atoms with Crippen LogP contribution in [-0.4, -0.2) is 25.5 Å². The van der Waals surface area contributed by atoms with E-state index in [2.05, 4.69) is 31.1 Å². The van der Waals surface area contributed by atoms with E-state index in [9.17, 15) is 0 Å². The monoisotopic (exact) mass is 193 g/mol. The Bertz CT molecular complexity index is 207. The molecule has 1 saturated carbocycles. The van der Waals surface area contributed by atoms with Crippen LogP contribution in [0.4, 0.5) is 0 Å². The summed E-state index contributed by atoms with van der Waals surface area (Å²) >= 11 is 0. The van der Waals surface area contributed by atoms with Gasteiger partial charge in [0.15, 0.2) is 0 Å². The van der Waals surface area contributed by atoms with Crippen molar-refractivity contribution in [2.24, 2.45) is 17.8 Å². The van der Waals surface area contributed by atoms with Crippen molar-refractivity contribution in [1.29, 1.82) is 0 Å². The summed E-state index contributed by atoms with van der Waals surface area (Å²) in [6, 6.07) is 0. The highest BCUT2D eigenvalue weighted by molar-refractivity contribution is 5.09. The Morgan fingerprint density at radius 2 is 2.00 bits per heavy atom. The second-order valence-electron chi connectivity index (χ2n) is 5.34. The zero-order valence-electron chi connectivity index (χ0n) is 9.58. The van der Waals surface area contributed by atoms with E-state index >= 15 is 0 Å². The van der Waals surface area contributed by atoms with Crippen molar-refractivity contribution in [2.45, 2.75) is 32.1 Å². The number of hydrogen-bond donors (Lipinski definition) is 0. The molecule has 0 aliphatic heterocycles. The third-order valence-electron chi connectivity index (χ3n) is 3.85. The highest BCUT2D eigenvalue weighted by atomic mass is 15.0. The van der Waals surface area contributed by atoms with Gasteiger partial charge >= 0.3 is 0 Å². The summed E-state index contributed by atoms with van der Waals surface area (Å²) in [4.78, 5) is 2.29. The van der Waals surface area contributed by atoms with Crippen LogP contribution in [0, 0.1) is 17.8 Å². The Kier molecular flexibility index (Phi) is 3.27. The molecule has 0 spiro atoms. The second-order valence-corrected chi connectivity index (χ2v) is 5.34. The molecule has 0 heterocycles. The SMILES string of the molecule is CN(C)CCCCC1CC2C=CC1C2. The normalized spacial score (nSPS) is 34.6. The highest BCUT2D eigenvalue weighted by Crippen LogP contribution is 2.45. The zero-order chi connectivity index (χ0) is 9.97. The summed E-state index contributed by atoms with van der Waals surface area (Å²) in [5, 5.41) is 0. The number of fused-ring (bicyclic) bond motifs is 2. The Balaban J connectivity index is 1.61. The second kappa shape index (κ2) is 4.48. The molecule has 2 bridgehead atoms. The van der Waals surface area contributed by atoms with E-state index in [0.29, 0.717) is 0 Å². The summed E-state index contributed by atoms with van der Waals surface area (Å²) in [5.74, 6) is 2.95. The van der Waals surface area contributed by atoms with Crippen LogP contribution in [0.2, 0.25) is 0 Å². The molecule has 80 valence electrons. The lowest BCUT2D eigenvalue weighted by atomic mass is 9.89. The summed E-state index contributed by atoms with van der Waals surface area (Å²) in [7, 11) is 4.33.